The van der Waals surface area contributed by atoms with Crippen molar-refractivity contribution in [1.82, 2.24) is 10.3 Å². The van der Waals surface area contributed by atoms with Gasteiger partial charge in [-0.05, 0) is 12.8 Å². The summed E-state index contributed by atoms with van der Waals surface area (Å²) < 4.78 is 5.35. The Morgan fingerprint density at radius 2 is 2.50 bits per heavy atom. The van der Waals surface area contributed by atoms with Gasteiger partial charge in [0, 0.05) is 25.0 Å². The van der Waals surface area contributed by atoms with Crippen LogP contribution in [0.1, 0.15) is 49.4 Å². The Labute approximate surface area is 101 Å². The minimum absolute atomic E-state index is 0.346. The summed E-state index contributed by atoms with van der Waals surface area (Å²) in [5.74, 6) is 0.582. The predicted octanol–water partition coefficient (Wildman–Crippen LogP) is 2.71. The summed E-state index contributed by atoms with van der Waals surface area (Å²) in [7, 11) is 1.78. The molecule has 0 aliphatic carbocycles. The van der Waals surface area contributed by atoms with Gasteiger partial charge < -0.3 is 10.1 Å². The van der Waals surface area contributed by atoms with Gasteiger partial charge in [-0.1, -0.05) is 13.8 Å². The fourth-order valence-electron chi connectivity index (χ4n) is 1.97. The molecule has 3 atom stereocenters. The molecule has 1 aromatic heterocycles. The highest BCUT2D eigenvalue weighted by atomic mass is 32.1. The highest BCUT2D eigenvalue weighted by Crippen LogP contribution is 2.29. The smallest absolute Gasteiger partial charge is 0.0957 e. The van der Waals surface area contributed by atoms with Crippen molar-refractivity contribution in [1.29, 1.82) is 0 Å². The molecule has 0 bridgehead atoms. The SMILES string of the molecule is CCC(C)c1nc(C2CC(OC)CN2)cs1. The number of ether oxygens (including phenoxy) is 1. The Hall–Kier alpha value is -0.450. The number of thiazole rings is 1. The number of rotatable bonds is 4. The van der Waals surface area contributed by atoms with Crippen LogP contribution in [0, 0.1) is 0 Å². The standard InChI is InChI=1S/C12H20N2OS/c1-4-8(2)12-14-11(7-16-12)10-5-9(15-3)6-13-10/h7-10,13H,4-6H2,1-3H3. The van der Waals surface area contributed by atoms with Crippen molar-refractivity contribution >= 4 is 11.3 Å². The fourth-order valence-corrected chi connectivity index (χ4v) is 2.99. The van der Waals surface area contributed by atoms with E-state index < -0.39 is 0 Å². The minimum Gasteiger partial charge on any atom is -0.380 e. The van der Waals surface area contributed by atoms with Crippen LogP contribution in [0.25, 0.3) is 0 Å². The number of nitrogens with one attached hydrogen (secondary N) is 1. The van der Waals surface area contributed by atoms with Crippen LogP contribution in [-0.4, -0.2) is 24.7 Å². The van der Waals surface area contributed by atoms with E-state index in [9.17, 15) is 0 Å². The molecule has 16 heavy (non-hydrogen) atoms. The molecule has 0 aromatic carbocycles. The lowest BCUT2D eigenvalue weighted by Gasteiger charge is -2.07. The molecule has 1 N–H and O–H groups in total. The zero-order valence-corrected chi connectivity index (χ0v) is 11.0. The minimum atomic E-state index is 0.346. The van der Waals surface area contributed by atoms with Crippen molar-refractivity contribution in [3.05, 3.63) is 16.1 Å². The number of nitrogens with zero attached hydrogens (tertiary/aromatic N) is 1. The van der Waals surface area contributed by atoms with Crippen LogP contribution in [0.5, 0.6) is 0 Å². The third-order valence-corrected chi connectivity index (χ3v) is 4.45. The normalized spacial score (nSPS) is 27.2. The van der Waals surface area contributed by atoms with Crippen LogP contribution >= 0.6 is 11.3 Å². The summed E-state index contributed by atoms with van der Waals surface area (Å²) in [6.07, 6.45) is 2.55. The number of hydrogen-bond donors (Lipinski definition) is 1. The molecule has 0 spiro atoms. The molecular formula is C12H20N2OS. The Bertz CT molecular complexity index is 340. The van der Waals surface area contributed by atoms with E-state index in [0.717, 1.165) is 19.4 Å². The highest BCUT2D eigenvalue weighted by molar-refractivity contribution is 7.09. The Morgan fingerprint density at radius 1 is 1.69 bits per heavy atom. The van der Waals surface area contributed by atoms with Crippen molar-refractivity contribution < 1.29 is 4.74 Å². The Kier molecular flexibility index (Phi) is 3.95. The van der Waals surface area contributed by atoms with Crippen molar-refractivity contribution in [2.75, 3.05) is 13.7 Å². The largest absolute Gasteiger partial charge is 0.380 e. The lowest BCUT2D eigenvalue weighted by atomic mass is 10.1. The summed E-state index contributed by atoms with van der Waals surface area (Å²) >= 11 is 1.79. The monoisotopic (exact) mass is 240 g/mol. The first-order valence-electron chi connectivity index (χ1n) is 5.96. The lowest BCUT2D eigenvalue weighted by Crippen LogP contribution is -2.16. The molecule has 90 valence electrons. The van der Waals surface area contributed by atoms with Gasteiger partial charge in [0.25, 0.3) is 0 Å². The van der Waals surface area contributed by atoms with Crippen LogP contribution in [0.4, 0.5) is 0 Å². The second-order valence-corrected chi connectivity index (χ2v) is 5.36. The van der Waals surface area contributed by atoms with Gasteiger partial charge in [0.15, 0.2) is 0 Å². The molecule has 2 heterocycles. The van der Waals surface area contributed by atoms with E-state index >= 15 is 0 Å². The van der Waals surface area contributed by atoms with E-state index in [1.807, 2.05) is 0 Å². The van der Waals surface area contributed by atoms with Gasteiger partial charge in [0.2, 0.25) is 0 Å². The average Bonchev–Trinajstić information content (AvgIpc) is 2.95. The Morgan fingerprint density at radius 3 is 3.12 bits per heavy atom. The van der Waals surface area contributed by atoms with E-state index in [2.05, 4.69) is 24.5 Å². The van der Waals surface area contributed by atoms with Crippen molar-refractivity contribution in [2.24, 2.45) is 0 Å². The van der Waals surface area contributed by atoms with Gasteiger partial charge in [-0.15, -0.1) is 11.3 Å². The van der Waals surface area contributed by atoms with Gasteiger partial charge in [-0.25, -0.2) is 4.98 Å². The molecule has 4 heteroatoms. The van der Waals surface area contributed by atoms with Gasteiger partial charge in [-0.2, -0.15) is 0 Å². The zero-order valence-electron chi connectivity index (χ0n) is 10.2. The van der Waals surface area contributed by atoms with Crippen LogP contribution in [0.15, 0.2) is 5.38 Å². The first kappa shape index (κ1) is 12.0. The fraction of sp³-hybridized carbons (Fsp3) is 0.750. The average molecular weight is 240 g/mol. The van der Waals surface area contributed by atoms with Crippen LogP contribution in [0.2, 0.25) is 0 Å². The van der Waals surface area contributed by atoms with Crippen molar-refractivity contribution in [2.45, 2.75) is 44.8 Å². The summed E-state index contributed by atoms with van der Waals surface area (Å²) in [5, 5.41) is 6.92. The van der Waals surface area contributed by atoms with Gasteiger partial charge in [0.1, 0.15) is 0 Å². The van der Waals surface area contributed by atoms with Crippen LogP contribution in [-0.2, 0) is 4.74 Å². The van der Waals surface area contributed by atoms with Crippen LogP contribution in [0.3, 0.4) is 0 Å². The second kappa shape index (κ2) is 5.25. The van der Waals surface area contributed by atoms with E-state index in [-0.39, 0.29) is 0 Å². The highest BCUT2D eigenvalue weighted by Gasteiger charge is 2.27. The van der Waals surface area contributed by atoms with Crippen molar-refractivity contribution in [3.63, 3.8) is 0 Å². The third kappa shape index (κ3) is 2.44. The summed E-state index contributed by atoms with van der Waals surface area (Å²) in [4.78, 5) is 4.73. The van der Waals surface area contributed by atoms with Gasteiger partial charge in [0.05, 0.1) is 22.8 Å². The van der Waals surface area contributed by atoms with Gasteiger partial charge in [-0.3, -0.25) is 0 Å². The number of aromatic nitrogens is 1. The summed E-state index contributed by atoms with van der Waals surface area (Å²) in [5.41, 5.74) is 1.19. The quantitative estimate of drug-likeness (QED) is 0.878. The molecule has 3 nitrogen and oxygen atoms in total. The molecular weight excluding hydrogens is 220 g/mol. The molecule has 1 aromatic rings. The summed E-state index contributed by atoms with van der Waals surface area (Å²) in [6, 6.07) is 0.388. The van der Waals surface area contributed by atoms with Crippen molar-refractivity contribution in [3.8, 4) is 0 Å². The van der Waals surface area contributed by atoms with E-state index in [1.54, 1.807) is 18.4 Å². The van der Waals surface area contributed by atoms with E-state index in [4.69, 9.17) is 9.72 Å². The maximum atomic E-state index is 5.35. The lowest BCUT2D eigenvalue weighted by molar-refractivity contribution is 0.117. The topological polar surface area (TPSA) is 34.1 Å². The molecule has 3 unspecified atom stereocenters. The molecule has 1 saturated heterocycles. The zero-order chi connectivity index (χ0) is 11.5. The molecule has 0 saturated carbocycles. The summed E-state index contributed by atoms with van der Waals surface area (Å²) in [6.45, 7) is 5.39. The number of hydrogen-bond acceptors (Lipinski definition) is 4. The first-order chi connectivity index (χ1) is 7.74. The molecule has 1 aliphatic rings. The second-order valence-electron chi connectivity index (χ2n) is 4.47. The molecule has 2 rings (SSSR count). The maximum Gasteiger partial charge on any atom is 0.0957 e. The van der Waals surface area contributed by atoms with E-state index in [1.165, 1.54) is 10.7 Å². The van der Waals surface area contributed by atoms with Crippen LogP contribution < -0.4 is 5.32 Å². The predicted molar refractivity (Wildman–Crippen MR) is 67.0 cm³/mol. The molecule has 0 radical (unpaired) electrons. The Balaban J connectivity index is 2.02. The third-order valence-electron chi connectivity index (χ3n) is 3.35. The van der Waals surface area contributed by atoms with E-state index in [0.29, 0.717) is 18.1 Å². The molecule has 0 amide bonds. The number of methoxy groups -OCH3 is 1. The maximum absolute atomic E-state index is 5.35. The van der Waals surface area contributed by atoms with Gasteiger partial charge >= 0.3 is 0 Å². The molecule has 1 aliphatic heterocycles. The molecule has 1 fully saturated rings. The first-order valence-corrected chi connectivity index (χ1v) is 6.84.